The highest BCUT2D eigenvalue weighted by atomic mass is 32.1. The zero-order valence-corrected chi connectivity index (χ0v) is 11.8. The summed E-state index contributed by atoms with van der Waals surface area (Å²) in [7, 11) is 0. The van der Waals surface area contributed by atoms with Crippen LogP contribution in [0.3, 0.4) is 0 Å². The summed E-state index contributed by atoms with van der Waals surface area (Å²) in [5, 5.41) is 4.35. The molecule has 0 saturated carbocycles. The van der Waals surface area contributed by atoms with Crippen molar-refractivity contribution in [2.75, 3.05) is 0 Å². The smallest absolute Gasteiger partial charge is 0.234 e. The Morgan fingerprint density at radius 3 is 2.65 bits per heavy atom. The fourth-order valence-corrected chi connectivity index (χ4v) is 3.22. The summed E-state index contributed by atoms with van der Waals surface area (Å²) in [6, 6.07) is 7.87. The Balaban J connectivity index is 2.01. The van der Waals surface area contributed by atoms with Crippen molar-refractivity contribution in [1.82, 2.24) is 10.3 Å². The van der Waals surface area contributed by atoms with Gasteiger partial charge in [-0.15, -0.1) is 11.3 Å². The molecular weight excluding hydrogens is 272 g/mol. The summed E-state index contributed by atoms with van der Waals surface area (Å²) in [5.41, 5.74) is 4.63. The van der Waals surface area contributed by atoms with E-state index in [1.54, 1.807) is 5.51 Å². The van der Waals surface area contributed by atoms with Crippen LogP contribution in [0.15, 0.2) is 35.2 Å². The van der Waals surface area contributed by atoms with E-state index in [9.17, 15) is 9.59 Å². The number of hydrogen-bond acceptors (Lipinski definition) is 4. The van der Waals surface area contributed by atoms with Gasteiger partial charge in [0.2, 0.25) is 11.8 Å². The van der Waals surface area contributed by atoms with Gasteiger partial charge < -0.3 is 0 Å². The molecule has 1 fully saturated rings. The highest BCUT2D eigenvalue weighted by Gasteiger charge is 2.38. The van der Waals surface area contributed by atoms with Crippen molar-refractivity contribution in [2.24, 2.45) is 0 Å². The molecule has 102 valence electrons. The molecule has 1 aromatic heterocycles. The largest absolute Gasteiger partial charge is 0.296 e. The van der Waals surface area contributed by atoms with Gasteiger partial charge in [-0.1, -0.05) is 29.8 Å². The number of carbonyl (C=O) groups excluding carboxylic acids is 2. The molecule has 2 heterocycles. The lowest BCUT2D eigenvalue weighted by molar-refractivity contribution is -0.135. The Hall–Kier alpha value is -2.01. The number of rotatable bonds is 2. The van der Waals surface area contributed by atoms with Crippen molar-refractivity contribution in [3.05, 3.63) is 52.0 Å². The van der Waals surface area contributed by atoms with Crippen molar-refractivity contribution in [3.8, 4) is 0 Å². The Bertz CT molecular complexity index is 634. The van der Waals surface area contributed by atoms with E-state index in [1.807, 2.05) is 36.6 Å². The molecular formula is C15H14N2O2S. The maximum atomic E-state index is 12.2. The van der Waals surface area contributed by atoms with E-state index in [0.717, 1.165) is 16.8 Å². The quantitative estimate of drug-likeness (QED) is 0.862. The highest BCUT2D eigenvalue weighted by Crippen LogP contribution is 2.38. The zero-order valence-electron chi connectivity index (χ0n) is 11.0. The zero-order chi connectivity index (χ0) is 14.1. The van der Waals surface area contributed by atoms with Crippen molar-refractivity contribution in [3.63, 3.8) is 0 Å². The van der Waals surface area contributed by atoms with Gasteiger partial charge in [-0.2, -0.15) is 0 Å². The van der Waals surface area contributed by atoms with Gasteiger partial charge in [-0.25, -0.2) is 4.98 Å². The molecule has 2 aromatic rings. The average Bonchev–Trinajstić information content (AvgIpc) is 2.93. The third-order valence-electron chi connectivity index (χ3n) is 3.62. The minimum absolute atomic E-state index is 0.176. The first-order valence-corrected chi connectivity index (χ1v) is 7.38. The number of carbonyl (C=O) groups is 2. The second kappa shape index (κ2) is 5.17. The number of amides is 2. The normalized spacial score (nSPS) is 22.6. The van der Waals surface area contributed by atoms with Crippen LogP contribution >= 0.6 is 11.3 Å². The van der Waals surface area contributed by atoms with Crippen molar-refractivity contribution in [2.45, 2.75) is 25.2 Å². The Morgan fingerprint density at radius 2 is 2.00 bits per heavy atom. The van der Waals surface area contributed by atoms with Gasteiger partial charge in [-0.3, -0.25) is 14.9 Å². The Labute approximate surface area is 120 Å². The first-order valence-electron chi connectivity index (χ1n) is 6.43. The molecule has 0 spiro atoms. The van der Waals surface area contributed by atoms with E-state index < -0.39 is 0 Å². The monoisotopic (exact) mass is 286 g/mol. The van der Waals surface area contributed by atoms with Gasteiger partial charge >= 0.3 is 0 Å². The minimum atomic E-state index is -0.351. The second-order valence-electron chi connectivity index (χ2n) is 5.02. The predicted molar refractivity (Wildman–Crippen MR) is 76.5 cm³/mol. The lowest BCUT2D eigenvalue weighted by Gasteiger charge is -2.29. The second-order valence-corrected chi connectivity index (χ2v) is 5.74. The first-order chi connectivity index (χ1) is 9.65. The van der Waals surface area contributed by atoms with Crippen molar-refractivity contribution >= 4 is 23.2 Å². The molecule has 1 N–H and O–H groups in total. The minimum Gasteiger partial charge on any atom is -0.296 e. The van der Waals surface area contributed by atoms with E-state index in [1.165, 1.54) is 11.3 Å². The number of aryl methyl sites for hydroxylation is 1. The predicted octanol–water partition coefficient (Wildman–Crippen LogP) is 2.37. The lowest BCUT2D eigenvalue weighted by Crippen LogP contribution is -2.43. The van der Waals surface area contributed by atoms with E-state index in [4.69, 9.17) is 0 Å². The van der Waals surface area contributed by atoms with Gasteiger partial charge in [0.25, 0.3) is 0 Å². The number of nitrogens with zero attached hydrogens (tertiary/aromatic N) is 1. The number of benzene rings is 1. The van der Waals surface area contributed by atoms with Gasteiger partial charge in [0.05, 0.1) is 17.1 Å². The maximum Gasteiger partial charge on any atom is 0.234 e. The number of piperidine rings is 1. The fourth-order valence-electron chi connectivity index (χ4n) is 2.60. The SMILES string of the molecule is Cc1ccc(C2C(=O)NC(=O)CC2c2cscn2)cc1. The number of imide groups is 1. The van der Waals surface area contributed by atoms with Crippen LogP contribution in [0.5, 0.6) is 0 Å². The highest BCUT2D eigenvalue weighted by molar-refractivity contribution is 7.07. The molecule has 20 heavy (non-hydrogen) atoms. The van der Waals surface area contributed by atoms with E-state index >= 15 is 0 Å². The number of nitrogens with one attached hydrogen (secondary N) is 1. The van der Waals surface area contributed by atoms with Crippen molar-refractivity contribution in [1.29, 1.82) is 0 Å². The van der Waals surface area contributed by atoms with Crippen LogP contribution in [0, 0.1) is 6.92 Å². The summed E-state index contributed by atoms with van der Waals surface area (Å²) >= 11 is 1.48. The summed E-state index contributed by atoms with van der Waals surface area (Å²) in [6.07, 6.45) is 0.300. The fraction of sp³-hybridized carbons (Fsp3) is 0.267. The van der Waals surface area contributed by atoms with Gasteiger partial charge in [0.1, 0.15) is 0 Å². The van der Waals surface area contributed by atoms with Crippen LogP contribution in [0.2, 0.25) is 0 Å². The summed E-state index contributed by atoms with van der Waals surface area (Å²) < 4.78 is 0. The van der Waals surface area contributed by atoms with Crippen LogP contribution < -0.4 is 5.32 Å². The van der Waals surface area contributed by atoms with E-state index in [2.05, 4.69) is 10.3 Å². The van der Waals surface area contributed by atoms with E-state index in [-0.39, 0.29) is 23.7 Å². The number of hydrogen-bond donors (Lipinski definition) is 1. The molecule has 3 rings (SSSR count). The summed E-state index contributed by atoms with van der Waals surface area (Å²) in [6.45, 7) is 2.01. The van der Waals surface area contributed by atoms with Crippen molar-refractivity contribution < 1.29 is 9.59 Å². The Kier molecular flexibility index (Phi) is 3.36. The molecule has 1 saturated heterocycles. The first kappa shape index (κ1) is 13.0. The molecule has 2 atom stereocenters. The maximum absolute atomic E-state index is 12.2. The van der Waals surface area contributed by atoms with Crippen LogP contribution in [-0.2, 0) is 9.59 Å². The third kappa shape index (κ3) is 2.36. The summed E-state index contributed by atoms with van der Waals surface area (Å²) in [4.78, 5) is 28.2. The summed E-state index contributed by atoms with van der Waals surface area (Å²) in [5.74, 6) is -0.986. The van der Waals surface area contributed by atoms with Crippen LogP contribution in [-0.4, -0.2) is 16.8 Å². The number of thiazole rings is 1. The molecule has 2 amide bonds. The van der Waals surface area contributed by atoms with Gasteiger partial charge in [0.15, 0.2) is 0 Å². The molecule has 1 aliphatic rings. The standard InChI is InChI=1S/C15H14N2O2S/c1-9-2-4-10(5-3-9)14-11(12-7-20-8-16-12)6-13(18)17-15(14)19/h2-5,7-8,11,14H,6H2,1H3,(H,17,18,19). The Morgan fingerprint density at radius 1 is 1.25 bits per heavy atom. The molecule has 0 radical (unpaired) electrons. The molecule has 4 nitrogen and oxygen atoms in total. The molecule has 0 bridgehead atoms. The third-order valence-corrected chi connectivity index (χ3v) is 4.23. The van der Waals surface area contributed by atoms with Gasteiger partial charge in [-0.05, 0) is 12.5 Å². The average molecular weight is 286 g/mol. The molecule has 2 unspecified atom stereocenters. The van der Waals surface area contributed by atoms with Crippen LogP contribution in [0.25, 0.3) is 0 Å². The number of aromatic nitrogens is 1. The molecule has 1 aromatic carbocycles. The lowest BCUT2D eigenvalue weighted by atomic mass is 9.79. The van der Waals surface area contributed by atoms with Gasteiger partial charge in [0, 0.05) is 17.7 Å². The van der Waals surface area contributed by atoms with Crippen LogP contribution in [0.4, 0.5) is 0 Å². The van der Waals surface area contributed by atoms with Crippen LogP contribution in [0.1, 0.15) is 35.1 Å². The van der Waals surface area contributed by atoms with E-state index in [0.29, 0.717) is 6.42 Å². The molecule has 0 aliphatic carbocycles. The molecule has 1 aliphatic heterocycles. The molecule has 5 heteroatoms. The topological polar surface area (TPSA) is 59.1 Å².